The zero-order chi connectivity index (χ0) is 16.7. The third kappa shape index (κ3) is 3.08. The van der Waals surface area contributed by atoms with Gasteiger partial charge in [0.05, 0.1) is 6.10 Å². The lowest BCUT2D eigenvalue weighted by Gasteiger charge is -2.44. The molecule has 3 heterocycles. The Balaban J connectivity index is 1.43. The van der Waals surface area contributed by atoms with E-state index in [9.17, 15) is 5.11 Å². The Morgan fingerprint density at radius 2 is 1.79 bits per heavy atom. The molecule has 0 unspecified atom stereocenters. The lowest BCUT2D eigenvalue weighted by atomic mass is 9.77. The number of hydrogen-bond donors (Lipinski definition) is 2. The minimum Gasteiger partial charge on any atom is -0.391 e. The maximum Gasteiger partial charge on any atom is 0.134 e. The van der Waals surface area contributed by atoms with Crippen molar-refractivity contribution >= 4 is 11.6 Å². The van der Waals surface area contributed by atoms with Crippen molar-refractivity contribution < 1.29 is 5.11 Å². The van der Waals surface area contributed by atoms with E-state index in [0.29, 0.717) is 23.7 Å². The molecule has 2 aliphatic heterocycles. The van der Waals surface area contributed by atoms with Crippen LogP contribution in [0.5, 0.6) is 0 Å². The van der Waals surface area contributed by atoms with Gasteiger partial charge in [0.2, 0.25) is 0 Å². The highest BCUT2D eigenvalue weighted by Crippen LogP contribution is 2.39. The fraction of sp³-hybridized carbons (Fsp3) is 0.765. The Labute approximate surface area is 143 Å². The summed E-state index contributed by atoms with van der Waals surface area (Å²) < 4.78 is 0. The van der Waals surface area contributed by atoms with Gasteiger partial charge in [0, 0.05) is 51.4 Å². The molecule has 1 aromatic heterocycles. The first-order valence-electron chi connectivity index (χ1n) is 9.03. The molecule has 0 radical (unpaired) electrons. The van der Waals surface area contributed by atoms with Crippen LogP contribution >= 0.6 is 0 Å². The number of nitrogens with zero attached hydrogens (tertiary/aromatic N) is 5. The summed E-state index contributed by atoms with van der Waals surface area (Å²) in [5.41, 5.74) is 5.80. The molecule has 0 bridgehead atoms. The van der Waals surface area contributed by atoms with Crippen LogP contribution in [0.1, 0.15) is 12.8 Å². The fourth-order valence-electron chi connectivity index (χ4n) is 4.67. The second-order valence-corrected chi connectivity index (χ2v) is 7.67. The van der Waals surface area contributed by atoms with Gasteiger partial charge in [-0.1, -0.05) is 0 Å². The molecule has 3 N–H and O–H groups in total. The summed E-state index contributed by atoms with van der Waals surface area (Å²) in [4.78, 5) is 15.5. The lowest BCUT2D eigenvalue weighted by Crippen LogP contribution is -2.55. The first kappa shape index (κ1) is 16.1. The minimum atomic E-state index is -0.204. The third-order valence-electron chi connectivity index (χ3n) is 6.11. The SMILES string of the molecule is CN1CCN([C@@H]2C[C@@H]3CN(c4cc(N)ncn4)C[C@@H]3C[C@H]2O)CC1. The summed E-state index contributed by atoms with van der Waals surface area (Å²) in [5, 5.41) is 10.7. The van der Waals surface area contributed by atoms with Crippen LogP contribution in [0.3, 0.4) is 0 Å². The predicted octanol–water partition coefficient (Wildman–Crippen LogP) is -0.118. The van der Waals surface area contributed by atoms with Gasteiger partial charge < -0.3 is 20.6 Å². The van der Waals surface area contributed by atoms with Gasteiger partial charge in [0.25, 0.3) is 0 Å². The molecule has 4 atom stereocenters. The Morgan fingerprint density at radius 1 is 1.08 bits per heavy atom. The maximum atomic E-state index is 10.7. The van der Waals surface area contributed by atoms with Gasteiger partial charge in [0.15, 0.2) is 0 Å². The first-order valence-corrected chi connectivity index (χ1v) is 9.03. The standard InChI is InChI=1S/C17H28N6O/c1-21-2-4-22(5-3-21)14-6-12-9-23(10-13(12)7-15(14)24)17-8-16(18)19-11-20-17/h8,11-15,24H,2-7,9-10H2,1H3,(H2,18,19,20)/t12-,13+,14-,15-/m1/s1. The molecule has 7 heteroatoms. The largest absolute Gasteiger partial charge is 0.391 e. The van der Waals surface area contributed by atoms with Crippen molar-refractivity contribution in [1.29, 1.82) is 0 Å². The second kappa shape index (κ2) is 6.46. The summed E-state index contributed by atoms with van der Waals surface area (Å²) in [6.07, 6.45) is 3.32. The zero-order valence-electron chi connectivity index (χ0n) is 14.4. The van der Waals surface area contributed by atoms with Crippen molar-refractivity contribution in [1.82, 2.24) is 19.8 Å². The number of fused-ring (bicyclic) bond motifs is 1. The van der Waals surface area contributed by atoms with Gasteiger partial charge in [0.1, 0.15) is 18.0 Å². The third-order valence-corrected chi connectivity index (χ3v) is 6.11. The number of hydrogen-bond acceptors (Lipinski definition) is 7. The number of anilines is 2. The Bertz CT molecular complexity index is 576. The van der Waals surface area contributed by atoms with Gasteiger partial charge in [-0.2, -0.15) is 0 Å². The lowest BCUT2D eigenvalue weighted by molar-refractivity contribution is -0.0249. The molecule has 132 valence electrons. The second-order valence-electron chi connectivity index (χ2n) is 7.67. The van der Waals surface area contributed by atoms with Gasteiger partial charge in [-0.25, -0.2) is 9.97 Å². The van der Waals surface area contributed by atoms with Crippen LogP contribution in [-0.2, 0) is 0 Å². The molecule has 3 fully saturated rings. The molecule has 0 amide bonds. The van der Waals surface area contributed by atoms with Crippen LogP contribution in [0.25, 0.3) is 0 Å². The van der Waals surface area contributed by atoms with Crippen LogP contribution < -0.4 is 10.6 Å². The first-order chi connectivity index (χ1) is 11.6. The number of nitrogens with two attached hydrogens (primary N) is 1. The molecule has 1 aromatic rings. The molecule has 3 aliphatic rings. The van der Waals surface area contributed by atoms with E-state index in [1.807, 2.05) is 6.07 Å². The smallest absolute Gasteiger partial charge is 0.134 e. The highest BCUT2D eigenvalue weighted by Gasteiger charge is 2.44. The normalized spacial score (nSPS) is 35.2. The summed E-state index contributed by atoms with van der Waals surface area (Å²) in [5.74, 6) is 2.63. The fourth-order valence-corrected chi connectivity index (χ4v) is 4.67. The number of likely N-dealkylation sites (N-methyl/N-ethyl adjacent to an activating group) is 1. The molecular formula is C17H28N6O. The topological polar surface area (TPSA) is 81.8 Å². The average molecular weight is 332 g/mol. The van der Waals surface area contributed by atoms with Crippen LogP contribution in [0.15, 0.2) is 12.4 Å². The highest BCUT2D eigenvalue weighted by atomic mass is 16.3. The molecular weight excluding hydrogens is 304 g/mol. The number of aliphatic hydroxyl groups is 1. The molecule has 2 saturated heterocycles. The molecule has 4 rings (SSSR count). The van der Waals surface area contributed by atoms with Crippen LogP contribution in [0, 0.1) is 11.8 Å². The van der Waals surface area contributed by atoms with E-state index in [-0.39, 0.29) is 6.10 Å². The number of nitrogen functional groups attached to an aromatic ring is 1. The average Bonchev–Trinajstić information content (AvgIpc) is 2.98. The van der Waals surface area contributed by atoms with Gasteiger partial charge in [-0.3, -0.25) is 4.90 Å². The summed E-state index contributed by atoms with van der Waals surface area (Å²) in [7, 11) is 2.17. The van der Waals surface area contributed by atoms with E-state index in [4.69, 9.17) is 5.73 Å². The molecule has 1 aliphatic carbocycles. The summed E-state index contributed by atoms with van der Waals surface area (Å²) in [6.45, 7) is 6.32. The molecule has 0 spiro atoms. The minimum absolute atomic E-state index is 0.204. The maximum absolute atomic E-state index is 10.7. The van der Waals surface area contributed by atoms with Crippen LogP contribution in [0.4, 0.5) is 11.6 Å². The number of aromatic nitrogens is 2. The van der Waals surface area contributed by atoms with E-state index in [2.05, 4.69) is 31.7 Å². The Kier molecular flexibility index (Phi) is 4.32. The Hall–Kier alpha value is -1.44. The van der Waals surface area contributed by atoms with E-state index >= 15 is 0 Å². The Morgan fingerprint density at radius 3 is 2.50 bits per heavy atom. The quantitative estimate of drug-likeness (QED) is 0.781. The van der Waals surface area contributed by atoms with Crippen molar-refractivity contribution in [2.75, 3.05) is 56.9 Å². The summed E-state index contributed by atoms with van der Waals surface area (Å²) >= 11 is 0. The van der Waals surface area contributed by atoms with Gasteiger partial charge in [-0.05, 0) is 31.7 Å². The number of aliphatic hydroxyl groups excluding tert-OH is 1. The van der Waals surface area contributed by atoms with E-state index in [1.54, 1.807) is 0 Å². The highest BCUT2D eigenvalue weighted by molar-refractivity contribution is 5.47. The summed E-state index contributed by atoms with van der Waals surface area (Å²) in [6, 6.07) is 2.17. The van der Waals surface area contributed by atoms with Crippen molar-refractivity contribution in [2.24, 2.45) is 11.8 Å². The van der Waals surface area contributed by atoms with Crippen molar-refractivity contribution in [3.63, 3.8) is 0 Å². The van der Waals surface area contributed by atoms with Crippen molar-refractivity contribution in [2.45, 2.75) is 25.0 Å². The molecule has 24 heavy (non-hydrogen) atoms. The van der Waals surface area contributed by atoms with E-state index < -0.39 is 0 Å². The number of rotatable bonds is 2. The number of piperazine rings is 1. The molecule has 0 aromatic carbocycles. The van der Waals surface area contributed by atoms with Crippen molar-refractivity contribution in [3.05, 3.63) is 12.4 Å². The molecule has 1 saturated carbocycles. The van der Waals surface area contributed by atoms with Crippen LogP contribution in [-0.4, -0.2) is 83.3 Å². The van der Waals surface area contributed by atoms with Gasteiger partial charge in [-0.15, -0.1) is 0 Å². The zero-order valence-corrected chi connectivity index (χ0v) is 14.4. The van der Waals surface area contributed by atoms with Gasteiger partial charge >= 0.3 is 0 Å². The monoisotopic (exact) mass is 332 g/mol. The predicted molar refractivity (Wildman–Crippen MR) is 93.7 cm³/mol. The van der Waals surface area contributed by atoms with E-state index in [0.717, 1.165) is 57.9 Å². The molecule has 7 nitrogen and oxygen atoms in total. The van der Waals surface area contributed by atoms with Crippen molar-refractivity contribution in [3.8, 4) is 0 Å². The van der Waals surface area contributed by atoms with E-state index in [1.165, 1.54) is 6.33 Å². The van der Waals surface area contributed by atoms with Crippen LogP contribution in [0.2, 0.25) is 0 Å².